The van der Waals surface area contributed by atoms with E-state index < -0.39 is 5.97 Å². The molecule has 0 bridgehead atoms. The number of hydrogen-bond donors (Lipinski definition) is 0. The summed E-state index contributed by atoms with van der Waals surface area (Å²) in [4.78, 5) is 13.5. The van der Waals surface area contributed by atoms with E-state index in [0.717, 1.165) is 12.8 Å². The van der Waals surface area contributed by atoms with E-state index in [-0.39, 0.29) is 29.6 Å². The van der Waals surface area contributed by atoms with Crippen LogP contribution in [0.25, 0.3) is 0 Å². The first-order valence-corrected chi connectivity index (χ1v) is 5.84. The zero-order chi connectivity index (χ0) is 13.5. The van der Waals surface area contributed by atoms with Gasteiger partial charge in [0.2, 0.25) is 0 Å². The Morgan fingerprint density at radius 1 is 1.22 bits per heavy atom. The second-order valence-electron chi connectivity index (χ2n) is 3.21. The number of pyridine rings is 1. The van der Waals surface area contributed by atoms with Crippen LogP contribution >= 0.6 is 0 Å². The van der Waals surface area contributed by atoms with E-state index in [1.807, 2.05) is 0 Å². The molecule has 0 aliphatic rings. The maximum Gasteiger partial charge on any atom is 2.00 e. The van der Waals surface area contributed by atoms with Gasteiger partial charge in [-0.3, -0.25) is 4.98 Å². The summed E-state index contributed by atoms with van der Waals surface area (Å²) in [5.41, 5.74) is -0.0301. The van der Waals surface area contributed by atoms with Crippen LogP contribution in [-0.2, 0) is 0 Å². The molecule has 1 aromatic rings. The topological polar surface area (TPSA) is 53.0 Å². The summed E-state index contributed by atoms with van der Waals surface area (Å²) in [7, 11) is 0. The van der Waals surface area contributed by atoms with Gasteiger partial charge in [-0.15, -0.1) is 0 Å². The van der Waals surface area contributed by atoms with Crippen LogP contribution in [0, 0.1) is 13.8 Å². The van der Waals surface area contributed by atoms with Crippen molar-refractivity contribution < 1.29 is 9.90 Å². The fourth-order valence-corrected chi connectivity index (χ4v) is 0.484. The van der Waals surface area contributed by atoms with Gasteiger partial charge in [-0.2, -0.15) is 0 Å². The number of aromatic carboxylic acids is 1. The predicted molar refractivity (Wildman–Crippen MR) is 74.9 cm³/mol. The van der Waals surface area contributed by atoms with Crippen molar-refractivity contribution in [2.24, 2.45) is 0 Å². The Labute approximate surface area is 128 Å². The molecule has 0 aromatic carbocycles. The summed E-state index contributed by atoms with van der Waals surface area (Å²) < 4.78 is 0. The number of aromatic nitrogens is 1. The second-order valence-corrected chi connectivity index (χ2v) is 3.21. The van der Waals surface area contributed by atoms with Crippen LogP contribution in [0.5, 0.6) is 0 Å². The van der Waals surface area contributed by atoms with Gasteiger partial charge in [0.15, 0.2) is 0 Å². The average molecular weight is 355 g/mol. The van der Waals surface area contributed by atoms with Crippen molar-refractivity contribution in [3.8, 4) is 0 Å². The summed E-state index contributed by atoms with van der Waals surface area (Å²) in [5.74, 6) is -1.24. The molecule has 1 heterocycles. The molecular formula is C14H22NO2Sn+. The van der Waals surface area contributed by atoms with Gasteiger partial charge in [0, 0.05) is 6.20 Å². The Bertz CT molecular complexity index is 258. The van der Waals surface area contributed by atoms with Crippen LogP contribution in [0.1, 0.15) is 50.0 Å². The van der Waals surface area contributed by atoms with E-state index in [4.69, 9.17) is 0 Å². The van der Waals surface area contributed by atoms with Crippen molar-refractivity contribution >= 4 is 29.9 Å². The van der Waals surface area contributed by atoms with E-state index in [1.165, 1.54) is 25.1 Å². The third-order valence-corrected chi connectivity index (χ3v) is 1.58. The third-order valence-electron chi connectivity index (χ3n) is 1.58. The second kappa shape index (κ2) is 18.8. The van der Waals surface area contributed by atoms with Crippen molar-refractivity contribution in [2.45, 2.75) is 39.5 Å². The van der Waals surface area contributed by atoms with E-state index in [9.17, 15) is 9.90 Å². The average Bonchev–Trinajstić information content (AvgIpc) is 2.40. The molecule has 3 nitrogen and oxygen atoms in total. The minimum atomic E-state index is -1.24. The fourth-order valence-electron chi connectivity index (χ4n) is 0.484. The van der Waals surface area contributed by atoms with Crippen LogP contribution in [0.2, 0.25) is 0 Å². The molecule has 0 aliphatic carbocycles. The Morgan fingerprint density at radius 3 is 1.83 bits per heavy atom. The molecule has 0 aliphatic heterocycles. The molecule has 0 fully saturated rings. The van der Waals surface area contributed by atoms with Gasteiger partial charge in [0.05, 0.1) is 11.7 Å². The number of nitrogens with zero attached hydrogens (tertiary/aromatic N) is 1. The summed E-state index contributed by atoms with van der Waals surface area (Å²) in [5, 5.41) is 10.0. The number of carboxylic acid groups (broad SMARTS) is 1. The van der Waals surface area contributed by atoms with Crippen LogP contribution in [0.15, 0.2) is 24.4 Å². The van der Waals surface area contributed by atoms with Crippen LogP contribution in [0.4, 0.5) is 0 Å². The van der Waals surface area contributed by atoms with Crippen molar-refractivity contribution in [3.63, 3.8) is 0 Å². The maximum atomic E-state index is 10.0. The SMILES string of the molecule is O=C([O-])c1ccccn1.[CH2]CCC.[CH2]CCC.[Sn+2]. The standard InChI is InChI=1S/C6H5NO2.2C4H9.Sn/c8-6(9)5-3-1-2-4-7-5;2*1-3-4-2;/h1-4H,(H,8,9);2*1,3-4H2,2H3;/q;;;+2/p-1. The van der Waals surface area contributed by atoms with Gasteiger partial charge in [-0.25, -0.2) is 0 Å². The largest absolute Gasteiger partial charge is 2.00 e. The van der Waals surface area contributed by atoms with E-state index in [1.54, 1.807) is 12.1 Å². The molecule has 0 N–H and O–H groups in total. The summed E-state index contributed by atoms with van der Waals surface area (Å²) in [6.07, 6.45) is 5.96. The molecule has 0 atom stereocenters. The monoisotopic (exact) mass is 356 g/mol. The van der Waals surface area contributed by atoms with Crippen LogP contribution < -0.4 is 5.11 Å². The van der Waals surface area contributed by atoms with Crippen LogP contribution in [0.3, 0.4) is 0 Å². The normalized spacial score (nSPS) is 7.78. The van der Waals surface area contributed by atoms with E-state index >= 15 is 0 Å². The number of rotatable bonds is 3. The molecule has 1 aromatic heterocycles. The number of hydrogen-bond acceptors (Lipinski definition) is 3. The Balaban J connectivity index is -0.000000214. The third kappa shape index (κ3) is 17.8. The first-order chi connectivity index (χ1) is 8.13. The van der Waals surface area contributed by atoms with Crippen molar-refractivity contribution in [1.82, 2.24) is 4.98 Å². The zero-order valence-electron chi connectivity index (χ0n) is 11.3. The summed E-state index contributed by atoms with van der Waals surface area (Å²) >= 11 is 0. The number of carboxylic acids is 1. The number of carbonyl (C=O) groups excluding carboxylic acids is 1. The van der Waals surface area contributed by atoms with Crippen molar-refractivity contribution in [3.05, 3.63) is 43.9 Å². The van der Waals surface area contributed by atoms with E-state index in [0.29, 0.717) is 0 Å². The quantitative estimate of drug-likeness (QED) is 0.782. The van der Waals surface area contributed by atoms with Gasteiger partial charge >= 0.3 is 23.9 Å². The minimum absolute atomic E-state index is 0. The molecule has 0 saturated carbocycles. The summed E-state index contributed by atoms with van der Waals surface area (Å²) in [6.45, 7) is 11.4. The maximum absolute atomic E-state index is 10.0. The number of unbranched alkanes of at least 4 members (excludes halogenated alkanes) is 2. The van der Waals surface area contributed by atoms with Crippen molar-refractivity contribution in [2.75, 3.05) is 0 Å². The first-order valence-electron chi connectivity index (χ1n) is 5.84. The predicted octanol–water partition coefficient (Wildman–Crippen LogP) is 2.31. The molecule has 0 saturated heterocycles. The van der Waals surface area contributed by atoms with Crippen molar-refractivity contribution in [1.29, 1.82) is 0 Å². The fraction of sp³-hybridized carbons (Fsp3) is 0.429. The van der Waals surface area contributed by atoms with Gasteiger partial charge in [0.1, 0.15) is 0 Å². The minimum Gasteiger partial charge on any atom is -0.543 e. The smallest absolute Gasteiger partial charge is 0.543 e. The van der Waals surface area contributed by atoms with E-state index in [2.05, 4.69) is 32.7 Å². The molecule has 0 spiro atoms. The molecule has 98 valence electrons. The molecule has 4 radical (unpaired) electrons. The molecule has 0 amide bonds. The molecule has 18 heavy (non-hydrogen) atoms. The number of carbonyl (C=O) groups is 1. The Kier molecular flexibility index (Phi) is 23.6. The van der Waals surface area contributed by atoms with Gasteiger partial charge in [-0.05, 0) is 12.1 Å². The molecular weight excluding hydrogens is 333 g/mol. The Hall–Kier alpha value is -0.581. The van der Waals surface area contributed by atoms with Gasteiger partial charge < -0.3 is 9.90 Å². The van der Waals surface area contributed by atoms with Gasteiger partial charge in [0.25, 0.3) is 0 Å². The molecule has 0 unspecified atom stereocenters. The summed E-state index contributed by atoms with van der Waals surface area (Å²) in [6, 6.07) is 4.62. The molecule has 1 rings (SSSR count). The zero-order valence-corrected chi connectivity index (χ0v) is 14.2. The van der Waals surface area contributed by atoms with Gasteiger partial charge in [-0.1, -0.05) is 59.4 Å². The Morgan fingerprint density at radius 2 is 1.67 bits per heavy atom. The first kappa shape index (κ1) is 22.6. The van der Waals surface area contributed by atoms with Crippen LogP contribution in [-0.4, -0.2) is 34.9 Å². The molecule has 4 heteroatoms.